The normalized spacial score (nSPS) is 14.0. The maximum atomic E-state index is 12.4. The van der Waals surface area contributed by atoms with Crippen LogP contribution in [0, 0.1) is 0 Å². The molecule has 1 N–H and O–H groups in total. The Hall–Kier alpha value is -2.57. The summed E-state index contributed by atoms with van der Waals surface area (Å²) in [7, 11) is 0. The first-order chi connectivity index (χ1) is 11.6. The Morgan fingerprint density at radius 2 is 2.08 bits per heavy atom. The minimum absolute atomic E-state index is 0.0745. The van der Waals surface area contributed by atoms with Gasteiger partial charge >= 0.3 is 6.43 Å². The van der Waals surface area contributed by atoms with Gasteiger partial charge in [-0.2, -0.15) is 13.8 Å². The topological polar surface area (TPSA) is 68.0 Å². The van der Waals surface area contributed by atoms with E-state index >= 15 is 0 Å². The molecule has 0 aliphatic heterocycles. The molecule has 1 aromatic carbocycles. The average molecular weight is 333 g/mol. The number of carbonyl (C=O) groups excluding carboxylic acids is 1. The van der Waals surface area contributed by atoms with Crippen molar-refractivity contribution in [1.29, 1.82) is 0 Å². The van der Waals surface area contributed by atoms with Crippen molar-refractivity contribution in [3.8, 4) is 11.4 Å². The van der Waals surface area contributed by atoms with E-state index in [0.29, 0.717) is 17.7 Å². The van der Waals surface area contributed by atoms with Gasteiger partial charge in [0.2, 0.25) is 5.82 Å². The van der Waals surface area contributed by atoms with Crippen molar-refractivity contribution in [2.24, 2.45) is 0 Å². The van der Waals surface area contributed by atoms with Crippen LogP contribution in [0.3, 0.4) is 0 Å². The van der Waals surface area contributed by atoms with Gasteiger partial charge in [-0.3, -0.25) is 4.79 Å². The molecule has 1 aliphatic carbocycles. The molecule has 5 nitrogen and oxygen atoms in total. The summed E-state index contributed by atoms with van der Waals surface area (Å²) in [5.41, 5.74) is 2.41. The first-order valence-electron chi connectivity index (χ1n) is 7.82. The largest absolute Gasteiger partial charge is 0.352 e. The summed E-state index contributed by atoms with van der Waals surface area (Å²) in [6.07, 6.45) is 3.77. The number of nitrogens with one attached hydrogen (secondary N) is 1. The summed E-state index contributed by atoms with van der Waals surface area (Å²) in [6, 6.07) is 6.43. The molecular weight excluding hydrogens is 316 g/mol. The number of hydrogen-bond acceptors (Lipinski definition) is 4. The number of alkyl halides is 2. The van der Waals surface area contributed by atoms with E-state index in [0.717, 1.165) is 19.3 Å². The first kappa shape index (κ1) is 16.3. The number of aromatic nitrogens is 2. The minimum Gasteiger partial charge on any atom is -0.352 e. The number of benzene rings is 1. The highest BCUT2D eigenvalue weighted by molar-refractivity contribution is 5.94. The van der Waals surface area contributed by atoms with Crippen LogP contribution >= 0.6 is 0 Å². The predicted molar refractivity (Wildman–Crippen MR) is 83.6 cm³/mol. The molecule has 0 atom stereocenters. The molecule has 0 fully saturated rings. The van der Waals surface area contributed by atoms with Crippen LogP contribution in [0.4, 0.5) is 8.78 Å². The van der Waals surface area contributed by atoms with Crippen molar-refractivity contribution in [1.82, 2.24) is 15.5 Å². The van der Waals surface area contributed by atoms with E-state index in [1.807, 2.05) is 0 Å². The SMILES string of the molecule is O=C(NCCC1=CCCC1)c1ccc(-c2noc(C(F)F)n2)cc1. The fraction of sp³-hybridized carbons (Fsp3) is 0.353. The molecule has 7 heteroatoms. The van der Waals surface area contributed by atoms with Crippen LogP contribution in [0.5, 0.6) is 0 Å². The molecule has 3 rings (SSSR count). The third kappa shape index (κ3) is 3.84. The van der Waals surface area contributed by atoms with Crippen LogP contribution in [-0.2, 0) is 0 Å². The molecule has 2 aromatic rings. The molecule has 24 heavy (non-hydrogen) atoms. The molecule has 1 aromatic heterocycles. The van der Waals surface area contributed by atoms with Crippen molar-refractivity contribution < 1.29 is 18.1 Å². The first-order valence-corrected chi connectivity index (χ1v) is 7.82. The second kappa shape index (κ2) is 7.33. The van der Waals surface area contributed by atoms with Crippen LogP contribution in [0.15, 0.2) is 40.4 Å². The van der Waals surface area contributed by atoms with Crippen molar-refractivity contribution >= 4 is 5.91 Å². The van der Waals surface area contributed by atoms with Gasteiger partial charge in [-0.25, -0.2) is 0 Å². The number of allylic oxidation sites excluding steroid dienone is 1. The lowest BCUT2D eigenvalue weighted by Crippen LogP contribution is -2.24. The summed E-state index contributed by atoms with van der Waals surface area (Å²) in [5.74, 6) is -0.806. The zero-order chi connectivity index (χ0) is 16.9. The third-order valence-electron chi connectivity index (χ3n) is 3.90. The van der Waals surface area contributed by atoms with Gasteiger partial charge in [-0.05, 0) is 37.8 Å². The van der Waals surface area contributed by atoms with E-state index in [1.54, 1.807) is 24.3 Å². The van der Waals surface area contributed by atoms with Gasteiger partial charge in [0.05, 0.1) is 0 Å². The highest BCUT2D eigenvalue weighted by atomic mass is 19.3. The summed E-state index contributed by atoms with van der Waals surface area (Å²) in [6.45, 7) is 0.606. The number of amides is 1. The Morgan fingerprint density at radius 1 is 1.29 bits per heavy atom. The fourth-order valence-electron chi connectivity index (χ4n) is 2.61. The number of carbonyl (C=O) groups is 1. The van der Waals surface area contributed by atoms with Gasteiger partial charge in [-0.15, -0.1) is 0 Å². The molecule has 0 radical (unpaired) electrons. The van der Waals surface area contributed by atoms with E-state index in [2.05, 4.69) is 26.1 Å². The molecule has 0 bridgehead atoms. The number of rotatable bonds is 6. The van der Waals surface area contributed by atoms with E-state index in [-0.39, 0.29) is 11.7 Å². The van der Waals surface area contributed by atoms with E-state index in [1.165, 1.54) is 12.0 Å². The lowest BCUT2D eigenvalue weighted by Gasteiger charge is -2.06. The van der Waals surface area contributed by atoms with Crippen LogP contribution in [0.25, 0.3) is 11.4 Å². The van der Waals surface area contributed by atoms with Gasteiger partial charge in [0.1, 0.15) is 0 Å². The zero-order valence-electron chi connectivity index (χ0n) is 13.0. The van der Waals surface area contributed by atoms with E-state index in [4.69, 9.17) is 0 Å². The Balaban J connectivity index is 1.57. The Labute approximate surface area is 137 Å². The summed E-state index contributed by atoms with van der Waals surface area (Å²) >= 11 is 0. The third-order valence-corrected chi connectivity index (χ3v) is 3.90. The van der Waals surface area contributed by atoms with E-state index < -0.39 is 12.3 Å². The summed E-state index contributed by atoms with van der Waals surface area (Å²) in [4.78, 5) is 15.7. The second-order valence-electron chi connectivity index (χ2n) is 5.59. The Bertz CT molecular complexity index is 739. The molecule has 1 aliphatic rings. The number of nitrogens with zero attached hydrogens (tertiary/aromatic N) is 2. The summed E-state index contributed by atoms with van der Waals surface area (Å²) < 4.78 is 29.4. The molecule has 0 saturated heterocycles. The van der Waals surface area contributed by atoms with Crippen molar-refractivity contribution in [3.05, 3.63) is 47.4 Å². The van der Waals surface area contributed by atoms with Crippen LogP contribution in [-0.4, -0.2) is 22.6 Å². The summed E-state index contributed by atoms with van der Waals surface area (Å²) in [5, 5.41) is 6.38. The Kier molecular flexibility index (Phi) is 4.98. The highest BCUT2D eigenvalue weighted by Gasteiger charge is 2.17. The quantitative estimate of drug-likeness (QED) is 0.814. The highest BCUT2D eigenvalue weighted by Crippen LogP contribution is 2.22. The zero-order valence-corrected chi connectivity index (χ0v) is 13.0. The predicted octanol–water partition coefficient (Wildman–Crippen LogP) is 3.90. The molecule has 0 saturated carbocycles. The van der Waals surface area contributed by atoms with Crippen molar-refractivity contribution in [2.45, 2.75) is 32.1 Å². The number of halogens is 2. The van der Waals surface area contributed by atoms with Gasteiger partial charge < -0.3 is 9.84 Å². The maximum absolute atomic E-state index is 12.4. The second-order valence-corrected chi connectivity index (χ2v) is 5.59. The molecule has 1 heterocycles. The molecular formula is C17H17F2N3O2. The van der Waals surface area contributed by atoms with Gasteiger partial charge in [0.15, 0.2) is 0 Å². The minimum atomic E-state index is -2.80. The monoisotopic (exact) mass is 333 g/mol. The standard InChI is InChI=1S/C17H17F2N3O2/c18-14(19)17-21-15(22-24-17)12-5-7-13(8-6-12)16(23)20-10-9-11-3-1-2-4-11/h3,5-8,14H,1-2,4,9-10H2,(H,20,23). The molecule has 126 valence electrons. The van der Waals surface area contributed by atoms with Gasteiger partial charge in [0.25, 0.3) is 11.8 Å². The van der Waals surface area contributed by atoms with Gasteiger partial charge in [0, 0.05) is 17.7 Å². The molecule has 0 spiro atoms. The van der Waals surface area contributed by atoms with Crippen LogP contribution < -0.4 is 5.32 Å². The smallest absolute Gasteiger partial charge is 0.315 e. The van der Waals surface area contributed by atoms with Crippen LogP contribution in [0.2, 0.25) is 0 Å². The average Bonchev–Trinajstić information content (AvgIpc) is 3.26. The van der Waals surface area contributed by atoms with E-state index in [9.17, 15) is 13.6 Å². The van der Waals surface area contributed by atoms with Crippen LogP contribution in [0.1, 0.15) is 48.4 Å². The number of hydrogen-bond donors (Lipinski definition) is 1. The fourth-order valence-corrected chi connectivity index (χ4v) is 2.61. The maximum Gasteiger partial charge on any atom is 0.315 e. The lowest BCUT2D eigenvalue weighted by molar-refractivity contribution is 0.0954. The Morgan fingerprint density at radius 3 is 2.71 bits per heavy atom. The molecule has 1 amide bonds. The van der Waals surface area contributed by atoms with Crippen molar-refractivity contribution in [2.75, 3.05) is 6.54 Å². The molecule has 0 unspecified atom stereocenters. The lowest BCUT2D eigenvalue weighted by atomic mass is 10.1. The van der Waals surface area contributed by atoms with Gasteiger partial charge in [-0.1, -0.05) is 28.9 Å². The van der Waals surface area contributed by atoms with Crippen molar-refractivity contribution in [3.63, 3.8) is 0 Å².